The molecule has 1 N–H and O–H groups in total. The van der Waals surface area contributed by atoms with E-state index in [4.69, 9.17) is 9.47 Å². The molecule has 0 amide bonds. The fourth-order valence-corrected chi connectivity index (χ4v) is 2.23. The third kappa shape index (κ3) is 10.6. The molecule has 0 atom stereocenters. The first-order valence-electron chi connectivity index (χ1n) is 8.99. The number of unbranched alkanes of at least 4 members (excludes halogenated alkanes) is 3. The van der Waals surface area contributed by atoms with Gasteiger partial charge in [-0.3, -0.25) is 11.2 Å². The summed E-state index contributed by atoms with van der Waals surface area (Å²) in [5.41, 5.74) is 1.47. The summed E-state index contributed by atoms with van der Waals surface area (Å²) in [6.07, 6.45) is 9.62. The molecule has 152 valence electrons. The Morgan fingerprint density at radius 3 is 2.76 bits per heavy atom. The first kappa shape index (κ1) is 27.3. The van der Waals surface area contributed by atoms with Crippen LogP contribution in [0, 0.1) is 13.3 Å². The Morgan fingerprint density at radius 2 is 2.10 bits per heavy atom. The third-order valence-electron chi connectivity index (χ3n) is 3.72. The Kier molecular flexibility index (Phi) is 16.1. The van der Waals surface area contributed by atoms with Crippen LogP contribution in [0.4, 0.5) is 0 Å². The molecule has 7 heteroatoms. The van der Waals surface area contributed by atoms with Gasteiger partial charge in [0.25, 0.3) is 0 Å². The SMILES string of the molecule is COCCc1ncccc1[C-]=O.[CH2-]CCC[CH-]COc1cccc(O)c1C=O.[Na+]. The molecule has 2 aromatic rings. The van der Waals surface area contributed by atoms with Crippen molar-refractivity contribution in [2.75, 3.05) is 20.3 Å². The zero-order valence-electron chi connectivity index (χ0n) is 17.1. The average Bonchev–Trinajstić information content (AvgIpc) is 2.73. The number of aromatic nitrogens is 1. The van der Waals surface area contributed by atoms with Crippen molar-refractivity contribution in [3.05, 3.63) is 66.7 Å². The second kappa shape index (κ2) is 17.2. The Morgan fingerprint density at radius 1 is 1.31 bits per heavy atom. The summed E-state index contributed by atoms with van der Waals surface area (Å²) in [6, 6.07) is 8.19. The van der Waals surface area contributed by atoms with E-state index < -0.39 is 0 Å². The number of carbonyl (C=O) groups is 1. The van der Waals surface area contributed by atoms with Crippen molar-refractivity contribution < 1.29 is 53.7 Å². The molecule has 1 aromatic heterocycles. The van der Waals surface area contributed by atoms with E-state index in [9.17, 15) is 14.7 Å². The molecule has 0 saturated heterocycles. The van der Waals surface area contributed by atoms with Crippen LogP contribution >= 0.6 is 0 Å². The van der Waals surface area contributed by atoms with Crippen molar-refractivity contribution in [3.8, 4) is 11.5 Å². The summed E-state index contributed by atoms with van der Waals surface area (Å²) in [7, 11) is 1.62. The number of benzene rings is 1. The van der Waals surface area contributed by atoms with Crippen molar-refractivity contribution in [1.29, 1.82) is 0 Å². The topological polar surface area (TPSA) is 85.7 Å². The Labute approximate surface area is 194 Å². The third-order valence-corrected chi connectivity index (χ3v) is 3.72. The number of phenols is 1. The minimum atomic E-state index is -0.0507. The van der Waals surface area contributed by atoms with Gasteiger partial charge in [0.1, 0.15) is 11.5 Å². The zero-order chi connectivity index (χ0) is 20.6. The van der Waals surface area contributed by atoms with Gasteiger partial charge >= 0.3 is 29.6 Å². The molecule has 0 aliphatic carbocycles. The maximum absolute atomic E-state index is 10.7. The van der Waals surface area contributed by atoms with Gasteiger partial charge in [0, 0.05) is 13.7 Å². The van der Waals surface area contributed by atoms with Crippen LogP contribution in [0.15, 0.2) is 36.5 Å². The number of pyridine rings is 1. The Hall–Kier alpha value is -1.73. The summed E-state index contributed by atoms with van der Waals surface area (Å²) >= 11 is 0. The molecule has 2 rings (SSSR count). The number of methoxy groups -OCH3 is 1. The van der Waals surface area contributed by atoms with Crippen LogP contribution in [0.2, 0.25) is 0 Å². The second-order valence-corrected chi connectivity index (χ2v) is 5.74. The van der Waals surface area contributed by atoms with E-state index in [-0.39, 0.29) is 40.9 Å². The minimum absolute atomic E-state index is 0. The average molecular weight is 407 g/mol. The molecular weight excluding hydrogens is 381 g/mol. The fourth-order valence-electron chi connectivity index (χ4n) is 2.23. The summed E-state index contributed by atoms with van der Waals surface area (Å²) < 4.78 is 10.3. The summed E-state index contributed by atoms with van der Waals surface area (Å²) in [4.78, 5) is 25.2. The van der Waals surface area contributed by atoms with Crippen LogP contribution in [0.5, 0.6) is 11.5 Å². The fraction of sp³-hybridized carbons (Fsp3) is 0.318. The molecule has 0 aliphatic heterocycles. The normalized spacial score (nSPS) is 9.59. The van der Waals surface area contributed by atoms with Gasteiger partial charge in [-0.2, -0.15) is 18.9 Å². The van der Waals surface area contributed by atoms with Crippen molar-refractivity contribution in [3.63, 3.8) is 0 Å². The van der Waals surface area contributed by atoms with Gasteiger partial charge in [0.05, 0.1) is 11.8 Å². The quantitative estimate of drug-likeness (QED) is 0.253. The summed E-state index contributed by atoms with van der Waals surface area (Å²) in [5, 5.41) is 9.40. The van der Waals surface area contributed by atoms with Crippen molar-refractivity contribution in [2.24, 2.45) is 0 Å². The van der Waals surface area contributed by atoms with E-state index in [0.717, 1.165) is 25.0 Å². The molecule has 6 nitrogen and oxygen atoms in total. The molecule has 0 unspecified atom stereocenters. The predicted molar refractivity (Wildman–Crippen MR) is 107 cm³/mol. The molecule has 29 heavy (non-hydrogen) atoms. The van der Waals surface area contributed by atoms with Gasteiger partial charge in [0.15, 0.2) is 6.29 Å². The number of nitrogens with zero attached hydrogens (tertiary/aromatic N) is 1. The molecule has 1 aromatic carbocycles. The number of aldehydes is 1. The first-order chi connectivity index (χ1) is 13.7. The van der Waals surface area contributed by atoms with E-state index in [0.29, 0.717) is 37.2 Å². The maximum atomic E-state index is 10.7. The van der Waals surface area contributed by atoms with Crippen molar-refractivity contribution >= 4 is 12.6 Å². The van der Waals surface area contributed by atoms with Crippen LogP contribution in [0.25, 0.3) is 0 Å². The number of hydrogen-bond donors (Lipinski definition) is 1. The summed E-state index contributed by atoms with van der Waals surface area (Å²) in [5.74, 6) is 0.367. The Balaban J connectivity index is 0.000000542. The number of phenolic OH excluding ortho intramolecular Hbond substituents is 1. The number of ether oxygens (including phenoxy) is 2. The predicted octanol–water partition coefficient (Wildman–Crippen LogP) is 0.524. The van der Waals surface area contributed by atoms with Gasteiger partial charge in [-0.25, -0.2) is 0 Å². The van der Waals surface area contributed by atoms with Crippen molar-refractivity contribution in [2.45, 2.75) is 25.7 Å². The molecule has 0 bridgehead atoms. The number of hydrogen-bond acceptors (Lipinski definition) is 6. The van der Waals surface area contributed by atoms with Crippen LogP contribution in [0.1, 0.15) is 40.9 Å². The van der Waals surface area contributed by atoms with Crippen LogP contribution < -0.4 is 34.3 Å². The molecule has 0 saturated carbocycles. The van der Waals surface area contributed by atoms with E-state index in [1.807, 2.05) is 12.7 Å². The largest absolute Gasteiger partial charge is 1.00 e. The van der Waals surface area contributed by atoms with E-state index in [1.54, 1.807) is 37.6 Å². The van der Waals surface area contributed by atoms with Gasteiger partial charge < -0.3 is 31.3 Å². The molecule has 1 heterocycles. The zero-order valence-corrected chi connectivity index (χ0v) is 19.1. The van der Waals surface area contributed by atoms with Gasteiger partial charge in [-0.05, 0) is 31.4 Å². The standard InChI is InChI=1S/C13H16O3.C9H10NO2.Na/c1-2-3-4-5-9-16-13-8-6-7-12(15)11(13)10-14;1-12-6-4-9-8(7-11)3-2-5-10-9;/h5-8,10,15H,1-4,9H2;2-3,5H,4,6H2,1H3;/q-2;-1;+1. The molecule has 0 aliphatic rings. The molecular formula is C22H26NNaO5-2. The first-order valence-corrected chi connectivity index (χ1v) is 8.99. The summed E-state index contributed by atoms with van der Waals surface area (Å²) in [6.45, 7) is 4.75. The van der Waals surface area contributed by atoms with Crippen molar-refractivity contribution in [1.82, 2.24) is 4.98 Å². The molecule has 0 spiro atoms. The molecule has 0 fully saturated rings. The van der Waals surface area contributed by atoms with Crippen LogP contribution in [-0.2, 0) is 16.0 Å². The number of aromatic hydroxyl groups is 1. The van der Waals surface area contributed by atoms with Gasteiger partial charge in [0.2, 0.25) is 0 Å². The monoisotopic (exact) mass is 407 g/mol. The van der Waals surface area contributed by atoms with E-state index in [2.05, 4.69) is 11.9 Å². The second-order valence-electron chi connectivity index (χ2n) is 5.74. The van der Waals surface area contributed by atoms with E-state index >= 15 is 0 Å². The van der Waals surface area contributed by atoms with Crippen LogP contribution in [0.3, 0.4) is 0 Å². The smallest absolute Gasteiger partial charge is 0.524 e. The van der Waals surface area contributed by atoms with Gasteiger partial charge in [-0.15, -0.1) is 18.1 Å². The van der Waals surface area contributed by atoms with E-state index in [1.165, 1.54) is 6.07 Å². The number of rotatable bonds is 11. The Bertz CT molecular complexity index is 724. The number of carbonyl (C=O) groups excluding carboxylic acids is 2. The molecule has 0 radical (unpaired) electrons. The maximum Gasteiger partial charge on any atom is 1.00 e. The van der Waals surface area contributed by atoms with Gasteiger partial charge in [-0.1, -0.05) is 11.8 Å². The van der Waals surface area contributed by atoms with Crippen LogP contribution in [-0.4, -0.2) is 43.0 Å². The minimum Gasteiger partial charge on any atom is -0.524 e.